The largest absolute Gasteiger partial charge is 0.497 e. The average molecular weight is 306 g/mol. The Balaban J connectivity index is 1.90. The van der Waals surface area contributed by atoms with Crippen LogP contribution < -0.4 is 10.1 Å². The molecule has 5 heteroatoms. The van der Waals surface area contributed by atoms with Gasteiger partial charge in [0.1, 0.15) is 11.4 Å². The summed E-state index contributed by atoms with van der Waals surface area (Å²) >= 11 is 0. The summed E-state index contributed by atoms with van der Waals surface area (Å²) in [6.07, 6.45) is 3.65. The summed E-state index contributed by atoms with van der Waals surface area (Å²) < 4.78 is 7.37. The van der Waals surface area contributed by atoms with Crippen molar-refractivity contribution in [2.45, 2.75) is 13.1 Å². The number of pyridine rings is 1. The van der Waals surface area contributed by atoms with Crippen LogP contribution >= 0.6 is 0 Å². The van der Waals surface area contributed by atoms with Crippen LogP contribution in [0, 0.1) is 0 Å². The first kappa shape index (κ1) is 14.0. The molecule has 1 aliphatic heterocycles. The zero-order valence-corrected chi connectivity index (χ0v) is 13.0. The lowest BCUT2D eigenvalue weighted by Gasteiger charge is -2.16. The number of hydrogen-bond donors (Lipinski definition) is 1. The maximum Gasteiger partial charge on any atom is 0.118 e. The van der Waals surface area contributed by atoms with E-state index in [0.29, 0.717) is 0 Å². The van der Waals surface area contributed by atoms with Gasteiger partial charge in [-0.2, -0.15) is 5.10 Å². The lowest BCUT2D eigenvalue weighted by molar-refractivity contribution is 0.415. The molecule has 0 aliphatic carbocycles. The van der Waals surface area contributed by atoms with E-state index in [-0.39, 0.29) is 0 Å². The summed E-state index contributed by atoms with van der Waals surface area (Å²) in [7, 11) is 1.68. The van der Waals surface area contributed by atoms with E-state index in [1.807, 2.05) is 36.7 Å². The van der Waals surface area contributed by atoms with E-state index in [9.17, 15) is 0 Å². The average Bonchev–Trinajstić information content (AvgIpc) is 3.02. The van der Waals surface area contributed by atoms with Crippen molar-refractivity contribution in [3.63, 3.8) is 0 Å². The van der Waals surface area contributed by atoms with Crippen molar-refractivity contribution in [3.8, 4) is 28.1 Å². The molecule has 0 atom stereocenters. The molecule has 5 nitrogen and oxygen atoms in total. The minimum absolute atomic E-state index is 0.834. The standard InChI is InChI=1S/C18H18N4O/c1-23-15-4-2-14(3-5-15)18-17(13-6-8-19-9-7-13)16-12-20-10-11-22(16)21-18/h2-9,20H,10-12H2,1H3. The summed E-state index contributed by atoms with van der Waals surface area (Å²) in [5.74, 6) is 0.852. The fraction of sp³-hybridized carbons (Fsp3) is 0.222. The quantitative estimate of drug-likeness (QED) is 0.808. The number of ether oxygens (including phenoxy) is 1. The number of nitrogens with one attached hydrogen (secondary N) is 1. The van der Waals surface area contributed by atoms with Crippen molar-refractivity contribution in [2.24, 2.45) is 0 Å². The Morgan fingerprint density at radius 3 is 2.57 bits per heavy atom. The van der Waals surface area contributed by atoms with Gasteiger partial charge in [0, 0.05) is 36.6 Å². The first-order valence-corrected chi connectivity index (χ1v) is 7.72. The molecule has 3 heterocycles. The van der Waals surface area contributed by atoms with E-state index in [1.165, 1.54) is 11.3 Å². The van der Waals surface area contributed by atoms with Crippen LogP contribution in [0.25, 0.3) is 22.4 Å². The van der Waals surface area contributed by atoms with Crippen LogP contribution in [0.1, 0.15) is 5.69 Å². The topological polar surface area (TPSA) is 52.0 Å². The fourth-order valence-corrected chi connectivity index (χ4v) is 3.03. The second-order valence-electron chi connectivity index (χ2n) is 5.53. The highest BCUT2D eigenvalue weighted by molar-refractivity contribution is 5.82. The van der Waals surface area contributed by atoms with E-state index in [0.717, 1.165) is 42.2 Å². The normalized spacial score (nSPS) is 13.6. The SMILES string of the molecule is COc1ccc(-c2nn3c(c2-c2ccncc2)CNCC3)cc1. The molecule has 0 fully saturated rings. The Bertz CT molecular complexity index is 809. The van der Waals surface area contributed by atoms with Crippen LogP contribution in [0.5, 0.6) is 5.75 Å². The molecule has 2 aromatic heterocycles. The van der Waals surface area contributed by atoms with Gasteiger partial charge < -0.3 is 10.1 Å². The third-order valence-electron chi connectivity index (χ3n) is 4.18. The van der Waals surface area contributed by atoms with Gasteiger partial charge >= 0.3 is 0 Å². The van der Waals surface area contributed by atoms with Gasteiger partial charge in [0.25, 0.3) is 0 Å². The Morgan fingerprint density at radius 2 is 1.83 bits per heavy atom. The molecule has 3 aromatic rings. The number of hydrogen-bond acceptors (Lipinski definition) is 4. The number of benzene rings is 1. The fourth-order valence-electron chi connectivity index (χ4n) is 3.03. The molecule has 4 rings (SSSR count). The zero-order chi connectivity index (χ0) is 15.6. The number of fused-ring (bicyclic) bond motifs is 1. The lowest BCUT2D eigenvalue weighted by atomic mass is 9.99. The van der Waals surface area contributed by atoms with E-state index in [1.54, 1.807) is 7.11 Å². The van der Waals surface area contributed by atoms with Crippen molar-refractivity contribution >= 4 is 0 Å². The summed E-state index contributed by atoms with van der Waals surface area (Å²) in [5, 5.41) is 8.31. The number of methoxy groups -OCH3 is 1. The van der Waals surface area contributed by atoms with Gasteiger partial charge in [-0.3, -0.25) is 9.67 Å². The smallest absolute Gasteiger partial charge is 0.118 e. The van der Waals surface area contributed by atoms with Crippen LogP contribution in [0.15, 0.2) is 48.8 Å². The van der Waals surface area contributed by atoms with E-state index >= 15 is 0 Å². The molecule has 0 amide bonds. The Morgan fingerprint density at radius 1 is 1.04 bits per heavy atom. The van der Waals surface area contributed by atoms with Gasteiger partial charge in [0.05, 0.1) is 19.3 Å². The highest BCUT2D eigenvalue weighted by Crippen LogP contribution is 2.35. The third-order valence-corrected chi connectivity index (χ3v) is 4.18. The summed E-state index contributed by atoms with van der Waals surface area (Å²) in [6.45, 7) is 2.68. The molecule has 0 bridgehead atoms. The van der Waals surface area contributed by atoms with Gasteiger partial charge in [-0.15, -0.1) is 0 Å². The van der Waals surface area contributed by atoms with Gasteiger partial charge in [0.2, 0.25) is 0 Å². The van der Waals surface area contributed by atoms with Crippen LogP contribution in [-0.4, -0.2) is 28.4 Å². The van der Waals surface area contributed by atoms with Gasteiger partial charge in [-0.1, -0.05) is 0 Å². The monoisotopic (exact) mass is 306 g/mol. The van der Waals surface area contributed by atoms with E-state index in [2.05, 4.69) is 27.1 Å². The molecule has 0 saturated heterocycles. The van der Waals surface area contributed by atoms with Crippen molar-refractivity contribution < 1.29 is 4.74 Å². The Labute approximate surface area is 134 Å². The molecule has 1 aliphatic rings. The van der Waals surface area contributed by atoms with Crippen molar-refractivity contribution in [1.82, 2.24) is 20.1 Å². The second kappa shape index (κ2) is 5.85. The molecule has 1 aromatic carbocycles. The summed E-state index contributed by atoms with van der Waals surface area (Å²) in [4.78, 5) is 4.13. The number of nitrogens with zero attached hydrogens (tertiary/aromatic N) is 3. The molecule has 1 N–H and O–H groups in total. The molecule has 0 saturated carbocycles. The maximum atomic E-state index is 5.26. The van der Waals surface area contributed by atoms with Crippen LogP contribution in [-0.2, 0) is 13.1 Å². The Kier molecular flexibility index (Phi) is 3.55. The summed E-state index contributed by atoms with van der Waals surface area (Å²) in [6, 6.07) is 12.2. The molecule has 0 spiro atoms. The summed E-state index contributed by atoms with van der Waals surface area (Å²) in [5.41, 5.74) is 5.67. The molecular weight excluding hydrogens is 288 g/mol. The zero-order valence-electron chi connectivity index (χ0n) is 13.0. The first-order valence-electron chi connectivity index (χ1n) is 7.72. The minimum Gasteiger partial charge on any atom is -0.497 e. The van der Waals surface area contributed by atoms with Crippen LogP contribution in [0.3, 0.4) is 0 Å². The van der Waals surface area contributed by atoms with Gasteiger partial charge in [-0.25, -0.2) is 0 Å². The van der Waals surface area contributed by atoms with Crippen molar-refractivity contribution in [3.05, 3.63) is 54.5 Å². The van der Waals surface area contributed by atoms with Gasteiger partial charge in [0.15, 0.2) is 0 Å². The van der Waals surface area contributed by atoms with Gasteiger partial charge in [-0.05, 0) is 42.0 Å². The highest BCUT2D eigenvalue weighted by atomic mass is 16.5. The third kappa shape index (κ3) is 2.49. The molecular formula is C18H18N4O. The molecule has 116 valence electrons. The maximum absolute atomic E-state index is 5.26. The van der Waals surface area contributed by atoms with Crippen LogP contribution in [0.2, 0.25) is 0 Å². The van der Waals surface area contributed by atoms with Crippen LogP contribution in [0.4, 0.5) is 0 Å². The molecule has 0 unspecified atom stereocenters. The van der Waals surface area contributed by atoms with Crippen molar-refractivity contribution in [2.75, 3.05) is 13.7 Å². The number of rotatable bonds is 3. The second-order valence-corrected chi connectivity index (χ2v) is 5.53. The minimum atomic E-state index is 0.834. The first-order chi connectivity index (χ1) is 11.4. The predicted molar refractivity (Wildman–Crippen MR) is 89.2 cm³/mol. The van der Waals surface area contributed by atoms with E-state index < -0.39 is 0 Å². The van der Waals surface area contributed by atoms with Crippen molar-refractivity contribution in [1.29, 1.82) is 0 Å². The van der Waals surface area contributed by atoms with E-state index in [4.69, 9.17) is 9.84 Å². The Hall–Kier alpha value is -2.66. The molecule has 0 radical (unpaired) electrons. The predicted octanol–water partition coefficient (Wildman–Crippen LogP) is 2.72. The number of aromatic nitrogens is 3. The molecule has 23 heavy (non-hydrogen) atoms. The highest BCUT2D eigenvalue weighted by Gasteiger charge is 2.22. The lowest BCUT2D eigenvalue weighted by Crippen LogP contribution is -2.28.